The Morgan fingerprint density at radius 1 is 0.833 bits per heavy atom. The fraction of sp³-hybridized carbons (Fsp3) is 0.300. The Bertz CT molecular complexity index is 696. The first kappa shape index (κ1) is 16.2. The lowest BCUT2D eigenvalue weighted by Gasteiger charge is -2.20. The van der Waals surface area contributed by atoms with Crippen molar-refractivity contribution in [1.82, 2.24) is 10.6 Å². The van der Waals surface area contributed by atoms with Crippen LogP contribution in [0.25, 0.3) is 0 Å². The van der Waals surface area contributed by atoms with E-state index in [0.717, 1.165) is 24.0 Å². The van der Waals surface area contributed by atoms with E-state index in [1.807, 2.05) is 67.6 Å². The second kappa shape index (κ2) is 7.30. The van der Waals surface area contributed by atoms with Crippen LogP contribution in [0.1, 0.15) is 43.0 Å². The van der Waals surface area contributed by atoms with E-state index < -0.39 is 11.8 Å². The average Bonchev–Trinajstić information content (AvgIpc) is 3.45. The molecule has 2 aromatic carbocycles. The highest BCUT2D eigenvalue weighted by Crippen LogP contribution is 2.40. The molecule has 2 amide bonds. The van der Waals surface area contributed by atoms with E-state index in [9.17, 15) is 9.59 Å². The molecule has 0 aromatic heterocycles. The van der Waals surface area contributed by atoms with Gasteiger partial charge in [-0.05, 0) is 36.8 Å². The van der Waals surface area contributed by atoms with Crippen molar-refractivity contribution in [3.05, 3.63) is 71.8 Å². The minimum Gasteiger partial charge on any atom is -0.341 e. The first-order valence-electron chi connectivity index (χ1n) is 8.36. The van der Waals surface area contributed by atoms with Crippen LogP contribution in [0.15, 0.2) is 60.7 Å². The lowest BCUT2D eigenvalue weighted by molar-refractivity contribution is -0.140. The number of nitrogens with one attached hydrogen (secondary N) is 2. The zero-order valence-corrected chi connectivity index (χ0v) is 13.7. The summed E-state index contributed by atoms with van der Waals surface area (Å²) < 4.78 is 0. The Morgan fingerprint density at radius 2 is 1.33 bits per heavy atom. The maximum absolute atomic E-state index is 12.3. The standard InChI is InChI=1S/C20H22N2O2/c1-14(15-8-4-2-5-9-15)21-19(23)20(24)22-18(17-12-13-17)16-10-6-3-7-11-16/h2-11,14,17-18H,12-13H2,1H3,(H,21,23)(H,22,24). The summed E-state index contributed by atoms with van der Waals surface area (Å²) in [5.41, 5.74) is 2.03. The largest absolute Gasteiger partial charge is 0.341 e. The zero-order valence-electron chi connectivity index (χ0n) is 13.7. The SMILES string of the molecule is CC(NC(=O)C(=O)NC(c1ccccc1)C1CC1)c1ccccc1. The van der Waals surface area contributed by atoms with Gasteiger partial charge < -0.3 is 10.6 Å². The summed E-state index contributed by atoms with van der Waals surface area (Å²) in [5, 5.41) is 5.66. The summed E-state index contributed by atoms with van der Waals surface area (Å²) in [4.78, 5) is 24.5. The van der Waals surface area contributed by atoms with Gasteiger partial charge in [0.2, 0.25) is 0 Å². The molecular weight excluding hydrogens is 300 g/mol. The fourth-order valence-electron chi connectivity index (χ4n) is 2.86. The Balaban J connectivity index is 1.62. The van der Waals surface area contributed by atoms with E-state index in [-0.39, 0.29) is 12.1 Å². The molecule has 4 nitrogen and oxygen atoms in total. The van der Waals surface area contributed by atoms with Crippen molar-refractivity contribution in [2.45, 2.75) is 31.8 Å². The third-order valence-corrected chi connectivity index (χ3v) is 4.39. The number of benzene rings is 2. The molecule has 0 aliphatic heterocycles. The van der Waals surface area contributed by atoms with Gasteiger partial charge >= 0.3 is 11.8 Å². The van der Waals surface area contributed by atoms with E-state index in [1.165, 1.54) is 0 Å². The molecule has 0 heterocycles. The smallest absolute Gasteiger partial charge is 0.309 e. The molecule has 1 saturated carbocycles. The molecule has 2 atom stereocenters. The van der Waals surface area contributed by atoms with Crippen molar-refractivity contribution in [2.24, 2.45) is 5.92 Å². The summed E-state index contributed by atoms with van der Waals surface area (Å²) in [6.45, 7) is 1.87. The maximum Gasteiger partial charge on any atom is 0.309 e. The van der Waals surface area contributed by atoms with Gasteiger partial charge in [-0.1, -0.05) is 60.7 Å². The molecule has 2 aromatic rings. The van der Waals surface area contributed by atoms with Crippen LogP contribution >= 0.6 is 0 Å². The first-order valence-corrected chi connectivity index (χ1v) is 8.36. The van der Waals surface area contributed by atoms with Crippen LogP contribution < -0.4 is 10.6 Å². The number of rotatable bonds is 5. The highest BCUT2D eigenvalue weighted by atomic mass is 16.2. The third-order valence-electron chi connectivity index (χ3n) is 4.39. The number of carbonyl (C=O) groups is 2. The molecule has 1 aliphatic rings. The van der Waals surface area contributed by atoms with Crippen molar-refractivity contribution < 1.29 is 9.59 Å². The maximum atomic E-state index is 12.3. The third kappa shape index (κ3) is 4.02. The van der Waals surface area contributed by atoms with Gasteiger partial charge in [-0.3, -0.25) is 9.59 Å². The zero-order chi connectivity index (χ0) is 16.9. The monoisotopic (exact) mass is 322 g/mol. The molecule has 124 valence electrons. The van der Waals surface area contributed by atoms with Gasteiger partial charge in [0.05, 0.1) is 12.1 Å². The molecule has 2 unspecified atom stereocenters. The van der Waals surface area contributed by atoms with Crippen LogP contribution in [0.2, 0.25) is 0 Å². The van der Waals surface area contributed by atoms with Gasteiger partial charge in [0.1, 0.15) is 0 Å². The minimum absolute atomic E-state index is 0.0866. The summed E-state index contributed by atoms with van der Waals surface area (Å²) in [6, 6.07) is 19.2. The lowest BCUT2D eigenvalue weighted by atomic mass is 10.0. The Hall–Kier alpha value is -2.62. The molecular formula is C20H22N2O2. The fourth-order valence-corrected chi connectivity index (χ4v) is 2.86. The van der Waals surface area contributed by atoms with Gasteiger partial charge in [0, 0.05) is 0 Å². The summed E-state index contributed by atoms with van der Waals surface area (Å²) in [6.07, 6.45) is 2.17. The van der Waals surface area contributed by atoms with Crippen LogP contribution in [0, 0.1) is 5.92 Å². The molecule has 2 N–H and O–H groups in total. The van der Waals surface area contributed by atoms with Crippen molar-refractivity contribution >= 4 is 11.8 Å². The predicted octanol–water partition coefficient (Wildman–Crippen LogP) is 3.13. The number of amides is 2. The molecule has 3 rings (SSSR count). The van der Waals surface area contributed by atoms with Crippen molar-refractivity contribution in [3.63, 3.8) is 0 Å². The Kier molecular flexibility index (Phi) is 4.94. The number of hydrogen-bond donors (Lipinski definition) is 2. The van der Waals surface area contributed by atoms with Crippen LogP contribution in [0.5, 0.6) is 0 Å². The summed E-state index contributed by atoms with van der Waals surface area (Å²) >= 11 is 0. The molecule has 0 radical (unpaired) electrons. The number of hydrogen-bond acceptors (Lipinski definition) is 2. The van der Waals surface area contributed by atoms with Gasteiger partial charge in [-0.2, -0.15) is 0 Å². The molecule has 1 aliphatic carbocycles. The quantitative estimate of drug-likeness (QED) is 0.831. The van der Waals surface area contributed by atoms with E-state index in [1.54, 1.807) is 0 Å². The van der Waals surface area contributed by atoms with E-state index in [4.69, 9.17) is 0 Å². The van der Waals surface area contributed by atoms with E-state index in [0.29, 0.717) is 5.92 Å². The second-order valence-electron chi connectivity index (χ2n) is 6.31. The first-order chi connectivity index (χ1) is 11.6. The number of carbonyl (C=O) groups excluding carboxylic acids is 2. The van der Waals surface area contributed by atoms with Crippen LogP contribution in [-0.4, -0.2) is 11.8 Å². The molecule has 1 fully saturated rings. The Morgan fingerprint density at radius 3 is 1.88 bits per heavy atom. The summed E-state index contributed by atoms with van der Waals surface area (Å²) in [7, 11) is 0. The van der Waals surface area contributed by atoms with Gasteiger partial charge in [0.15, 0.2) is 0 Å². The van der Waals surface area contributed by atoms with Gasteiger partial charge in [0.25, 0.3) is 0 Å². The van der Waals surface area contributed by atoms with Gasteiger partial charge in [-0.25, -0.2) is 0 Å². The lowest BCUT2D eigenvalue weighted by Crippen LogP contribution is -2.42. The Labute approximate surface area is 142 Å². The average molecular weight is 322 g/mol. The van der Waals surface area contributed by atoms with Crippen molar-refractivity contribution in [3.8, 4) is 0 Å². The molecule has 24 heavy (non-hydrogen) atoms. The van der Waals surface area contributed by atoms with E-state index >= 15 is 0 Å². The van der Waals surface area contributed by atoms with Crippen LogP contribution in [0.4, 0.5) is 0 Å². The van der Waals surface area contributed by atoms with Crippen LogP contribution in [-0.2, 0) is 9.59 Å². The predicted molar refractivity (Wildman–Crippen MR) is 93.0 cm³/mol. The normalized spacial score (nSPS) is 16.0. The van der Waals surface area contributed by atoms with Crippen molar-refractivity contribution in [1.29, 1.82) is 0 Å². The highest BCUT2D eigenvalue weighted by molar-refractivity contribution is 6.35. The topological polar surface area (TPSA) is 58.2 Å². The molecule has 0 saturated heterocycles. The molecule has 0 bridgehead atoms. The minimum atomic E-state index is -0.590. The van der Waals surface area contributed by atoms with E-state index in [2.05, 4.69) is 10.6 Å². The van der Waals surface area contributed by atoms with Gasteiger partial charge in [-0.15, -0.1) is 0 Å². The highest BCUT2D eigenvalue weighted by Gasteiger charge is 2.34. The summed E-state index contributed by atoms with van der Waals surface area (Å²) in [5.74, 6) is -0.734. The molecule has 0 spiro atoms. The second-order valence-corrected chi connectivity index (χ2v) is 6.31. The van der Waals surface area contributed by atoms with Crippen LogP contribution in [0.3, 0.4) is 0 Å². The molecule has 4 heteroatoms. The van der Waals surface area contributed by atoms with Crippen molar-refractivity contribution in [2.75, 3.05) is 0 Å².